The summed E-state index contributed by atoms with van der Waals surface area (Å²) in [6, 6.07) is 14.0. The molecule has 0 aliphatic carbocycles. The summed E-state index contributed by atoms with van der Waals surface area (Å²) in [6.07, 6.45) is 0. The van der Waals surface area contributed by atoms with E-state index in [1.165, 1.54) is 0 Å². The topological polar surface area (TPSA) is 98.5 Å². The van der Waals surface area contributed by atoms with Crippen molar-refractivity contribution in [2.75, 3.05) is 0 Å². The average Bonchev–Trinajstić information content (AvgIpc) is 2.87. The average molecular weight is 390 g/mol. The van der Waals surface area contributed by atoms with Crippen molar-refractivity contribution in [2.45, 2.75) is 6.92 Å². The summed E-state index contributed by atoms with van der Waals surface area (Å²) >= 11 is 3.32. The lowest BCUT2D eigenvalue weighted by atomic mass is 10.2. The molecular formula is C15H12BrN5O3. The van der Waals surface area contributed by atoms with Crippen molar-refractivity contribution in [3.63, 3.8) is 0 Å². The minimum Gasteiger partial charge on any atom is -0.409 e. The fourth-order valence-electron chi connectivity index (χ4n) is 2.14. The number of aromatic nitrogens is 3. The number of nitrogens with zero attached hydrogens (tertiary/aromatic N) is 5. The summed E-state index contributed by atoms with van der Waals surface area (Å²) in [6.45, 7) is 1.87. The van der Waals surface area contributed by atoms with E-state index in [0.717, 1.165) is 10.4 Å². The molecule has 0 unspecified atom stereocenters. The van der Waals surface area contributed by atoms with Gasteiger partial charge in [-0.05, 0) is 62.4 Å². The summed E-state index contributed by atoms with van der Waals surface area (Å²) in [5, 5.41) is 25.5. The Hall–Kier alpha value is -2.94. The van der Waals surface area contributed by atoms with Crippen molar-refractivity contribution < 1.29 is 10.1 Å². The van der Waals surface area contributed by atoms with Crippen LogP contribution in [0.2, 0.25) is 0 Å². The first-order chi connectivity index (χ1) is 11.5. The van der Waals surface area contributed by atoms with E-state index in [1.807, 2.05) is 13.0 Å². The van der Waals surface area contributed by atoms with Crippen LogP contribution in [0.25, 0.3) is 5.69 Å². The maximum atomic E-state index is 11.3. The van der Waals surface area contributed by atoms with E-state index < -0.39 is 10.7 Å². The number of para-hydroxylation sites is 1. The first-order valence-electron chi connectivity index (χ1n) is 6.89. The second-order valence-corrected chi connectivity index (χ2v) is 5.84. The number of hydrogen-bond acceptors (Lipinski definition) is 5. The van der Waals surface area contributed by atoms with Crippen LogP contribution in [0.3, 0.4) is 0 Å². The van der Waals surface area contributed by atoms with E-state index >= 15 is 0 Å². The van der Waals surface area contributed by atoms with E-state index in [0.29, 0.717) is 20.7 Å². The highest BCUT2D eigenvalue weighted by atomic mass is 79.9. The molecule has 0 aliphatic rings. The number of aryl methyl sites for hydroxylation is 1. The number of halogens is 1. The molecule has 0 atom stereocenters. The van der Waals surface area contributed by atoms with Gasteiger partial charge in [0, 0.05) is 4.47 Å². The van der Waals surface area contributed by atoms with E-state index in [4.69, 9.17) is 0 Å². The summed E-state index contributed by atoms with van der Waals surface area (Å²) in [4.78, 5) is 16.4. The van der Waals surface area contributed by atoms with Crippen LogP contribution in [0.5, 0.6) is 0 Å². The van der Waals surface area contributed by atoms with Crippen LogP contribution in [0.4, 0.5) is 11.5 Å². The Morgan fingerprint density at radius 1 is 1.25 bits per heavy atom. The lowest BCUT2D eigenvalue weighted by molar-refractivity contribution is -0.391. The first-order valence-corrected chi connectivity index (χ1v) is 7.69. The van der Waals surface area contributed by atoms with E-state index in [9.17, 15) is 15.3 Å². The standard InChI is InChI=1S/C15H12BrN5O3/c1-10-5-4-6-11(9-10)19-18-15(21(23)24)14(20(19)22)17-13-8-3-2-7-12(13)16/h2-9,22H,1H3. The normalized spacial score (nSPS) is 11.7. The second-order valence-electron chi connectivity index (χ2n) is 4.99. The Balaban J connectivity index is 2.27. The molecule has 1 aromatic heterocycles. The maximum absolute atomic E-state index is 11.3. The maximum Gasteiger partial charge on any atom is 0.438 e. The van der Waals surface area contributed by atoms with Crippen molar-refractivity contribution in [1.82, 2.24) is 14.7 Å². The van der Waals surface area contributed by atoms with Gasteiger partial charge in [-0.25, -0.2) is 4.99 Å². The third-order valence-electron chi connectivity index (χ3n) is 3.24. The third kappa shape index (κ3) is 2.93. The lowest BCUT2D eigenvalue weighted by Crippen LogP contribution is -2.22. The van der Waals surface area contributed by atoms with Crippen molar-refractivity contribution in [3.8, 4) is 5.69 Å². The smallest absolute Gasteiger partial charge is 0.409 e. The molecule has 1 N–H and O–H groups in total. The lowest BCUT2D eigenvalue weighted by Gasteiger charge is -2.01. The quantitative estimate of drug-likeness (QED) is 0.422. The summed E-state index contributed by atoms with van der Waals surface area (Å²) < 4.78 is 0.641. The SMILES string of the molecule is Cc1cccc(-n2nc([N+](=O)[O-])c(=Nc3ccccc3Br)n2O)c1. The molecule has 0 radical (unpaired) electrons. The Kier molecular flexibility index (Phi) is 4.17. The molecule has 122 valence electrons. The number of hydrogen-bond donors (Lipinski definition) is 1. The van der Waals surface area contributed by atoms with E-state index in [-0.39, 0.29) is 5.49 Å². The van der Waals surface area contributed by atoms with Gasteiger partial charge in [0.15, 0.2) is 0 Å². The van der Waals surface area contributed by atoms with Crippen molar-refractivity contribution in [1.29, 1.82) is 0 Å². The zero-order valence-corrected chi connectivity index (χ0v) is 14.1. The predicted octanol–water partition coefficient (Wildman–Crippen LogP) is 3.12. The van der Waals surface area contributed by atoms with Gasteiger partial charge in [-0.1, -0.05) is 29.1 Å². The van der Waals surface area contributed by atoms with E-state index in [2.05, 4.69) is 26.0 Å². The molecule has 8 nitrogen and oxygen atoms in total. The highest BCUT2D eigenvalue weighted by molar-refractivity contribution is 9.10. The molecule has 3 rings (SSSR count). The largest absolute Gasteiger partial charge is 0.438 e. The summed E-state index contributed by atoms with van der Waals surface area (Å²) in [5.74, 6) is -0.547. The molecular weight excluding hydrogens is 378 g/mol. The van der Waals surface area contributed by atoms with Crippen molar-refractivity contribution in [2.24, 2.45) is 4.99 Å². The Bertz CT molecular complexity index is 993. The van der Waals surface area contributed by atoms with Crippen LogP contribution in [0, 0.1) is 17.0 Å². The Morgan fingerprint density at radius 2 is 2.00 bits per heavy atom. The van der Waals surface area contributed by atoms with Gasteiger partial charge in [0.05, 0.1) is 10.8 Å². The van der Waals surface area contributed by atoms with Gasteiger partial charge in [-0.2, -0.15) is 0 Å². The number of nitro groups is 1. The predicted molar refractivity (Wildman–Crippen MR) is 89.5 cm³/mol. The van der Waals surface area contributed by atoms with E-state index in [1.54, 1.807) is 42.5 Å². The molecule has 1 heterocycles. The Labute approximate surface area is 144 Å². The Morgan fingerprint density at radius 3 is 2.67 bits per heavy atom. The third-order valence-corrected chi connectivity index (χ3v) is 3.91. The van der Waals surface area contributed by atoms with Crippen molar-refractivity contribution in [3.05, 3.63) is 74.2 Å². The number of rotatable bonds is 3. The van der Waals surface area contributed by atoms with Gasteiger partial charge in [-0.3, -0.25) is 0 Å². The molecule has 0 saturated carbocycles. The molecule has 3 aromatic rings. The fourth-order valence-corrected chi connectivity index (χ4v) is 2.52. The van der Waals surface area contributed by atoms with Gasteiger partial charge in [0.25, 0.3) is 5.49 Å². The van der Waals surface area contributed by atoms with Crippen LogP contribution in [0.15, 0.2) is 58.0 Å². The molecule has 24 heavy (non-hydrogen) atoms. The number of benzene rings is 2. The van der Waals surface area contributed by atoms with Crippen LogP contribution in [-0.2, 0) is 0 Å². The van der Waals surface area contributed by atoms with Gasteiger partial charge in [-0.15, -0.1) is 0 Å². The molecule has 0 fully saturated rings. The van der Waals surface area contributed by atoms with Crippen LogP contribution >= 0.6 is 15.9 Å². The summed E-state index contributed by atoms with van der Waals surface area (Å²) in [7, 11) is 0. The monoisotopic (exact) mass is 389 g/mol. The second kappa shape index (κ2) is 6.28. The zero-order valence-electron chi connectivity index (χ0n) is 12.5. The van der Waals surface area contributed by atoms with Gasteiger partial charge in [0.1, 0.15) is 5.69 Å². The van der Waals surface area contributed by atoms with Crippen molar-refractivity contribution >= 4 is 27.4 Å². The van der Waals surface area contributed by atoms with Gasteiger partial charge < -0.3 is 15.3 Å². The first kappa shape index (κ1) is 15.9. The molecule has 0 saturated heterocycles. The highest BCUT2D eigenvalue weighted by Gasteiger charge is 2.24. The van der Waals surface area contributed by atoms with Crippen LogP contribution in [0.1, 0.15) is 5.56 Å². The fraction of sp³-hybridized carbons (Fsp3) is 0.0667. The molecule has 0 aliphatic heterocycles. The molecule has 0 spiro atoms. The minimum atomic E-state index is -0.686. The van der Waals surface area contributed by atoms with Crippen LogP contribution in [-0.4, -0.2) is 24.9 Å². The molecule has 0 bridgehead atoms. The highest BCUT2D eigenvalue weighted by Crippen LogP contribution is 2.24. The summed E-state index contributed by atoms with van der Waals surface area (Å²) in [5.41, 5.74) is 1.57. The molecule has 9 heteroatoms. The molecule has 2 aromatic carbocycles. The molecule has 0 amide bonds. The van der Waals surface area contributed by atoms with Gasteiger partial charge in [0.2, 0.25) is 0 Å². The minimum absolute atomic E-state index is 0.270. The van der Waals surface area contributed by atoms with Crippen LogP contribution < -0.4 is 5.49 Å². The van der Waals surface area contributed by atoms with Gasteiger partial charge >= 0.3 is 5.82 Å². The zero-order chi connectivity index (χ0) is 17.3.